The van der Waals surface area contributed by atoms with E-state index in [0.29, 0.717) is 22.1 Å². The van der Waals surface area contributed by atoms with E-state index in [1.807, 2.05) is 0 Å². The molecule has 1 amide bonds. The number of thiazole rings is 1. The average molecular weight is 398 g/mol. The fourth-order valence-electron chi connectivity index (χ4n) is 2.29. The van der Waals surface area contributed by atoms with Crippen LogP contribution in [0, 0.1) is 0 Å². The lowest BCUT2D eigenvalue weighted by Gasteiger charge is -2.09. The summed E-state index contributed by atoms with van der Waals surface area (Å²) in [6.45, 7) is 0. The summed E-state index contributed by atoms with van der Waals surface area (Å²) in [5, 5.41) is 2.95. The van der Waals surface area contributed by atoms with E-state index < -0.39 is 18.0 Å². The number of carbonyl (C=O) groups is 1. The summed E-state index contributed by atoms with van der Waals surface area (Å²) < 4.78 is 51.5. The molecule has 0 radical (unpaired) electrons. The van der Waals surface area contributed by atoms with Crippen LogP contribution in [-0.4, -0.2) is 31.5 Å². The molecule has 3 aromatic rings. The average Bonchev–Trinajstić information content (AvgIpc) is 3.00. The number of nitrogens with one attached hydrogen (secondary N) is 1. The second-order valence-corrected chi connectivity index (χ2v) is 6.25. The minimum atomic E-state index is -4.78. The van der Waals surface area contributed by atoms with Gasteiger partial charge < -0.3 is 14.2 Å². The molecule has 1 heterocycles. The maximum atomic E-state index is 12.3. The molecule has 0 aliphatic carbocycles. The number of hydrogen-bond acceptors (Lipinski definition) is 6. The zero-order valence-corrected chi connectivity index (χ0v) is 14.9. The fourth-order valence-corrected chi connectivity index (χ4v) is 3.16. The lowest BCUT2D eigenvalue weighted by atomic mass is 10.2. The molecule has 0 aliphatic heterocycles. The Morgan fingerprint density at radius 2 is 1.70 bits per heavy atom. The number of amides is 1. The summed E-state index contributed by atoms with van der Waals surface area (Å²) in [7, 11) is 3.02. The van der Waals surface area contributed by atoms with Crippen molar-refractivity contribution in [3.8, 4) is 17.2 Å². The van der Waals surface area contributed by atoms with Crippen molar-refractivity contribution in [1.82, 2.24) is 4.98 Å². The van der Waals surface area contributed by atoms with Crippen LogP contribution in [0.2, 0.25) is 0 Å². The van der Waals surface area contributed by atoms with E-state index in [0.717, 1.165) is 16.8 Å². The van der Waals surface area contributed by atoms with E-state index in [4.69, 9.17) is 9.47 Å². The van der Waals surface area contributed by atoms with E-state index in [2.05, 4.69) is 15.0 Å². The molecular weight excluding hydrogens is 385 g/mol. The lowest BCUT2D eigenvalue weighted by Crippen LogP contribution is -2.17. The highest BCUT2D eigenvalue weighted by Crippen LogP contribution is 2.36. The number of halogens is 3. The quantitative estimate of drug-likeness (QED) is 0.687. The minimum absolute atomic E-state index is 0.166. The third-order valence-electron chi connectivity index (χ3n) is 3.46. The van der Waals surface area contributed by atoms with Gasteiger partial charge in [0, 0.05) is 17.7 Å². The number of aromatic nitrogens is 1. The Morgan fingerprint density at radius 1 is 1.07 bits per heavy atom. The van der Waals surface area contributed by atoms with Crippen LogP contribution in [-0.2, 0) is 0 Å². The van der Waals surface area contributed by atoms with Crippen molar-refractivity contribution < 1.29 is 32.2 Å². The van der Waals surface area contributed by atoms with Crippen LogP contribution in [0.25, 0.3) is 10.2 Å². The van der Waals surface area contributed by atoms with Crippen LogP contribution >= 0.6 is 11.3 Å². The molecule has 6 nitrogen and oxygen atoms in total. The Kier molecular flexibility index (Phi) is 5.08. The van der Waals surface area contributed by atoms with Crippen molar-refractivity contribution in [2.24, 2.45) is 0 Å². The number of benzene rings is 2. The molecule has 10 heteroatoms. The number of fused-ring (bicyclic) bond motifs is 1. The van der Waals surface area contributed by atoms with E-state index in [9.17, 15) is 18.0 Å². The van der Waals surface area contributed by atoms with Gasteiger partial charge in [0.25, 0.3) is 5.91 Å². The number of hydrogen-bond donors (Lipinski definition) is 1. The van der Waals surface area contributed by atoms with Crippen LogP contribution in [0.3, 0.4) is 0 Å². The third kappa shape index (κ3) is 4.40. The summed E-state index contributed by atoms with van der Waals surface area (Å²) in [4.78, 5) is 16.6. The van der Waals surface area contributed by atoms with Gasteiger partial charge in [-0.25, -0.2) is 4.98 Å². The van der Waals surface area contributed by atoms with Crippen molar-refractivity contribution in [3.63, 3.8) is 0 Å². The van der Waals surface area contributed by atoms with Crippen LogP contribution in [0.1, 0.15) is 10.4 Å². The zero-order valence-electron chi connectivity index (χ0n) is 14.1. The number of anilines is 1. The summed E-state index contributed by atoms with van der Waals surface area (Å²) in [5.41, 5.74) is 0.779. The molecule has 142 valence electrons. The third-order valence-corrected chi connectivity index (χ3v) is 4.40. The second-order valence-electron chi connectivity index (χ2n) is 5.22. The molecular formula is C17H13F3N2O4S. The Hall–Kier alpha value is -3.01. The molecule has 1 aromatic heterocycles. The molecule has 0 atom stereocenters. The molecule has 27 heavy (non-hydrogen) atoms. The maximum Gasteiger partial charge on any atom is 0.573 e. The topological polar surface area (TPSA) is 69.7 Å². The predicted molar refractivity (Wildman–Crippen MR) is 93.8 cm³/mol. The first-order valence-electron chi connectivity index (χ1n) is 7.49. The molecule has 3 rings (SSSR count). The molecule has 0 spiro atoms. The molecule has 0 saturated heterocycles. The van der Waals surface area contributed by atoms with Crippen LogP contribution in [0.4, 0.5) is 18.3 Å². The van der Waals surface area contributed by atoms with E-state index in [1.54, 1.807) is 12.1 Å². The fraction of sp³-hybridized carbons (Fsp3) is 0.176. The van der Waals surface area contributed by atoms with Gasteiger partial charge in [-0.15, -0.1) is 13.2 Å². The first-order valence-corrected chi connectivity index (χ1v) is 8.30. The number of rotatable bonds is 5. The number of carbonyl (C=O) groups excluding carboxylic acids is 1. The van der Waals surface area contributed by atoms with Crippen molar-refractivity contribution in [2.45, 2.75) is 6.36 Å². The van der Waals surface area contributed by atoms with Crippen molar-refractivity contribution in [2.75, 3.05) is 19.5 Å². The number of alkyl halides is 3. The Bertz CT molecular complexity index is 930. The van der Waals surface area contributed by atoms with Gasteiger partial charge in [-0.3, -0.25) is 10.1 Å². The Morgan fingerprint density at radius 3 is 2.30 bits per heavy atom. The van der Waals surface area contributed by atoms with Crippen molar-refractivity contribution >= 4 is 32.6 Å². The number of methoxy groups -OCH3 is 2. The van der Waals surface area contributed by atoms with E-state index in [1.165, 1.54) is 37.7 Å². The Labute approximate surface area is 155 Å². The van der Waals surface area contributed by atoms with Crippen LogP contribution < -0.4 is 19.5 Å². The normalized spacial score (nSPS) is 11.3. The maximum absolute atomic E-state index is 12.3. The minimum Gasteiger partial charge on any atom is -0.493 e. The van der Waals surface area contributed by atoms with E-state index in [-0.39, 0.29) is 5.56 Å². The SMILES string of the molecule is COc1cc2nc(NC(=O)c3ccc(OC(F)(F)F)cc3)sc2cc1OC. The van der Waals surface area contributed by atoms with Gasteiger partial charge >= 0.3 is 6.36 Å². The molecule has 2 aromatic carbocycles. The highest BCUT2D eigenvalue weighted by atomic mass is 32.1. The van der Waals surface area contributed by atoms with E-state index >= 15 is 0 Å². The van der Waals surface area contributed by atoms with Gasteiger partial charge in [-0.05, 0) is 24.3 Å². The van der Waals surface area contributed by atoms with Gasteiger partial charge in [0.05, 0.1) is 24.4 Å². The molecule has 1 N–H and O–H groups in total. The highest BCUT2D eigenvalue weighted by molar-refractivity contribution is 7.22. The van der Waals surface area contributed by atoms with Gasteiger partial charge in [0.15, 0.2) is 16.6 Å². The number of nitrogens with zero attached hydrogens (tertiary/aromatic N) is 1. The van der Waals surface area contributed by atoms with Gasteiger partial charge in [0.1, 0.15) is 5.75 Å². The largest absolute Gasteiger partial charge is 0.573 e. The van der Waals surface area contributed by atoms with Crippen molar-refractivity contribution in [3.05, 3.63) is 42.0 Å². The molecule has 0 fully saturated rings. The van der Waals surface area contributed by atoms with Gasteiger partial charge in [0.2, 0.25) is 0 Å². The number of ether oxygens (including phenoxy) is 3. The molecule has 0 aliphatic rings. The molecule has 0 saturated carbocycles. The smallest absolute Gasteiger partial charge is 0.493 e. The monoisotopic (exact) mass is 398 g/mol. The van der Waals surface area contributed by atoms with Gasteiger partial charge in [-0.2, -0.15) is 0 Å². The first-order chi connectivity index (χ1) is 12.8. The standard InChI is InChI=1S/C17H13F3N2O4S/c1-24-12-7-11-14(8-13(12)25-2)27-16(21-11)22-15(23)9-3-5-10(6-4-9)26-17(18,19)20/h3-8H,1-2H3,(H,21,22,23). The Balaban J connectivity index is 1.77. The van der Waals surface area contributed by atoms with Gasteiger partial charge in [-0.1, -0.05) is 11.3 Å². The lowest BCUT2D eigenvalue weighted by molar-refractivity contribution is -0.274. The first kappa shape index (κ1) is 18.8. The zero-order chi connectivity index (χ0) is 19.6. The summed E-state index contributed by atoms with van der Waals surface area (Å²) in [6, 6.07) is 8.02. The predicted octanol–water partition coefficient (Wildman–Crippen LogP) is 4.46. The molecule has 0 unspecified atom stereocenters. The highest BCUT2D eigenvalue weighted by Gasteiger charge is 2.31. The summed E-state index contributed by atoms with van der Waals surface area (Å²) in [6.07, 6.45) is -4.78. The summed E-state index contributed by atoms with van der Waals surface area (Å²) in [5.74, 6) is 0.130. The van der Waals surface area contributed by atoms with Crippen molar-refractivity contribution in [1.29, 1.82) is 0 Å². The summed E-state index contributed by atoms with van der Waals surface area (Å²) >= 11 is 1.23. The van der Waals surface area contributed by atoms with Crippen LogP contribution in [0.5, 0.6) is 17.2 Å². The second kappa shape index (κ2) is 7.31. The molecule has 0 bridgehead atoms. The van der Waals surface area contributed by atoms with Crippen LogP contribution in [0.15, 0.2) is 36.4 Å².